The molecule has 2 fully saturated rings. The lowest BCUT2D eigenvalue weighted by molar-refractivity contribution is 0.567. The summed E-state index contributed by atoms with van der Waals surface area (Å²) in [5.74, 6) is 2.02. The van der Waals surface area contributed by atoms with Crippen LogP contribution in [0.5, 0.6) is 0 Å². The van der Waals surface area contributed by atoms with Gasteiger partial charge in [-0.2, -0.15) is 4.98 Å². The molecule has 7 heteroatoms. The highest BCUT2D eigenvalue weighted by Crippen LogP contribution is 2.21. The summed E-state index contributed by atoms with van der Waals surface area (Å²) in [5, 5.41) is 3.29. The molecule has 2 aliphatic rings. The topological polar surface area (TPSA) is 75.2 Å². The van der Waals surface area contributed by atoms with Crippen molar-refractivity contribution in [2.75, 3.05) is 34.8 Å². The Labute approximate surface area is 132 Å². The van der Waals surface area contributed by atoms with E-state index in [9.17, 15) is 8.42 Å². The van der Waals surface area contributed by atoms with Crippen molar-refractivity contribution in [1.29, 1.82) is 0 Å². The highest BCUT2D eigenvalue weighted by atomic mass is 32.2. The van der Waals surface area contributed by atoms with Crippen molar-refractivity contribution in [3.63, 3.8) is 0 Å². The number of sulfone groups is 1. The second kappa shape index (κ2) is 6.40. The molecule has 1 N–H and O–H groups in total. The van der Waals surface area contributed by atoms with Crippen LogP contribution in [0, 0.1) is 0 Å². The third kappa shape index (κ3) is 3.69. The van der Waals surface area contributed by atoms with E-state index in [-0.39, 0.29) is 17.5 Å². The molecule has 1 aromatic rings. The number of hydrogen-bond donors (Lipinski definition) is 1. The van der Waals surface area contributed by atoms with Crippen LogP contribution in [0.15, 0.2) is 6.07 Å². The molecule has 0 aromatic carbocycles. The summed E-state index contributed by atoms with van der Waals surface area (Å²) in [4.78, 5) is 11.5. The predicted octanol–water partition coefficient (Wildman–Crippen LogP) is 1.63. The molecule has 0 saturated carbocycles. The first-order valence-electron chi connectivity index (χ1n) is 8.15. The van der Waals surface area contributed by atoms with Gasteiger partial charge in [0.2, 0.25) is 5.95 Å². The number of anilines is 2. The van der Waals surface area contributed by atoms with Crippen LogP contribution in [0.3, 0.4) is 0 Å². The van der Waals surface area contributed by atoms with E-state index in [1.807, 2.05) is 6.07 Å². The molecule has 6 nitrogen and oxygen atoms in total. The SMILES string of the molecule is CCc1cc(N[C@@H]2CCS(=O)(=O)C2)nc(N2CCCCC2)n1. The van der Waals surface area contributed by atoms with Gasteiger partial charge in [0, 0.05) is 30.9 Å². The molecule has 0 amide bonds. The Hall–Kier alpha value is -1.37. The van der Waals surface area contributed by atoms with E-state index in [0.717, 1.165) is 37.0 Å². The molecule has 2 saturated heterocycles. The van der Waals surface area contributed by atoms with Crippen molar-refractivity contribution >= 4 is 21.6 Å². The third-order valence-electron chi connectivity index (χ3n) is 4.35. The van der Waals surface area contributed by atoms with Gasteiger partial charge < -0.3 is 10.2 Å². The highest BCUT2D eigenvalue weighted by molar-refractivity contribution is 7.91. The summed E-state index contributed by atoms with van der Waals surface area (Å²) < 4.78 is 23.2. The number of rotatable bonds is 4. The van der Waals surface area contributed by atoms with Crippen LogP contribution in [-0.4, -0.2) is 49.0 Å². The third-order valence-corrected chi connectivity index (χ3v) is 6.12. The van der Waals surface area contributed by atoms with Crippen molar-refractivity contribution in [1.82, 2.24) is 9.97 Å². The summed E-state index contributed by atoms with van der Waals surface area (Å²) in [6, 6.07) is 1.91. The van der Waals surface area contributed by atoms with Crippen molar-refractivity contribution < 1.29 is 8.42 Å². The van der Waals surface area contributed by atoms with E-state index in [0.29, 0.717) is 6.42 Å². The van der Waals surface area contributed by atoms with Gasteiger partial charge in [-0.15, -0.1) is 0 Å². The van der Waals surface area contributed by atoms with Gasteiger partial charge in [-0.1, -0.05) is 6.92 Å². The molecule has 2 aliphatic heterocycles. The Morgan fingerprint density at radius 2 is 2.05 bits per heavy atom. The van der Waals surface area contributed by atoms with Gasteiger partial charge in [0.15, 0.2) is 9.84 Å². The molecule has 0 aliphatic carbocycles. The maximum absolute atomic E-state index is 11.6. The number of piperidine rings is 1. The van der Waals surface area contributed by atoms with E-state index >= 15 is 0 Å². The Kier molecular flexibility index (Phi) is 4.52. The van der Waals surface area contributed by atoms with Gasteiger partial charge >= 0.3 is 0 Å². The lowest BCUT2D eigenvalue weighted by atomic mass is 10.1. The Morgan fingerprint density at radius 1 is 1.27 bits per heavy atom. The maximum Gasteiger partial charge on any atom is 0.227 e. The lowest BCUT2D eigenvalue weighted by Crippen LogP contribution is -2.31. The van der Waals surface area contributed by atoms with Crippen LogP contribution in [0.2, 0.25) is 0 Å². The summed E-state index contributed by atoms with van der Waals surface area (Å²) >= 11 is 0. The first-order chi connectivity index (χ1) is 10.6. The fourth-order valence-electron chi connectivity index (χ4n) is 3.09. The van der Waals surface area contributed by atoms with E-state index in [1.54, 1.807) is 0 Å². The van der Waals surface area contributed by atoms with E-state index in [1.165, 1.54) is 19.3 Å². The zero-order chi connectivity index (χ0) is 15.6. The summed E-state index contributed by atoms with van der Waals surface area (Å²) in [5.41, 5.74) is 0.999. The lowest BCUT2D eigenvalue weighted by Gasteiger charge is -2.27. The number of nitrogens with zero attached hydrogens (tertiary/aromatic N) is 3. The smallest absolute Gasteiger partial charge is 0.227 e. The minimum atomic E-state index is -2.88. The Bertz CT molecular complexity index is 626. The summed E-state index contributed by atoms with van der Waals surface area (Å²) in [6.45, 7) is 4.08. The molecule has 1 atom stereocenters. The van der Waals surface area contributed by atoms with Gasteiger partial charge in [-0.05, 0) is 32.1 Å². The average Bonchev–Trinajstić information content (AvgIpc) is 2.86. The van der Waals surface area contributed by atoms with Crippen molar-refractivity contribution in [2.45, 2.75) is 45.1 Å². The molecule has 0 spiro atoms. The Balaban J connectivity index is 1.78. The minimum absolute atomic E-state index is 0.0289. The van der Waals surface area contributed by atoms with Crippen LogP contribution in [-0.2, 0) is 16.3 Å². The number of aryl methyl sites for hydroxylation is 1. The van der Waals surface area contributed by atoms with Gasteiger partial charge in [-0.3, -0.25) is 0 Å². The van der Waals surface area contributed by atoms with Crippen LogP contribution >= 0.6 is 0 Å². The van der Waals surface area contributed by atoms with E-state index < -0.39 is 9.84 Å². The van der Waals surface area contributed by atoms with Crippen LogP contribution < -0.4 is 10.2 Å². The van der Waals surface area contributed by atoms with Crippen LogP contribution in [0.4, 0.5) is 11.8 Å². The van der Waals surface area contributed by atoms with Gasteiger partial charge in [0.05, 0.1) is 11.5 Å². The minimum Gasteiger partial charge on any atom is -0.366 e. The molecular formula is C15H24N4O2S. The largest absolute Gasteiger partial charge is 0.366 e. The van der Waals surface area contributed by atoms with E-state index in [4.69, 9.17) is 0 Å². The van der Waals surface area contributed by atoms with Gasteiger partial charge in [-0.25, -0.2) is 13.4 Å². The van der Waals surface area contributed by atoms with E-state index in [2.05, 4.69) is 27.1 Å². The zero-order valence-electron chi connectivity index (χ0n) is 13.1. The van der Waals surface area contributed by atoms with Crippen molar-refractivity contribution in [3.05, 3.63) is 11.8 Å². The monoisotopic (exact) mass is 324 g/mol. The highest BCUT2D eigenvalue weighted by Gasteiger charge is 2.28. The fourth-order valence-corrected chi connectivity index (χ4v) is 4.77. The standard InChI is InChI=1S/C15H24N4O2S/c1-2-12-10-14(16-13-6-9-22(20,21)11-13)18-15(17-12)19-7-4-3-5-8-19/h10,13H,2-9,11H2,1H3,(H,16,17,18)/t13-/m1/s1. The molecule has 0 radical (unpaired) electrons. The quantitative estimate of drug-likeness (QED) is 0.907. The first kappa shape index (κ1) is 15.5. The first-order valence-corrected chi connectivity index (χ1v) is 9.98. The maximum atomic E-state index is 11.6. The second-order valence-corrected chi connectivity index (χ2v) is 8.42. The Morgan fingerprint density at radius 3 is 2.68 bits per heavy atom. The molecule has 3 heterocycles. The zero-order valence-corrected chi connectivity index (χ0v) is 13.9. The number of nitrogens with one attached hydrogen (secondary N) is 1. The summed E-state index contributed by atoms with van der Waals surface area (Å²) in [6.07, 6.45) is 5.15. The average molecular weight is 324 g/mol. The summed E-state index contributed by atoms with van der Waals surface area (Å²) in [7, 11) is -2.88. The molecule has 22 heavy (non-hydrogen) atoms. The molecule has 3 rings (SSSR count). The number of aromatic nitrogens is 2. The molecule has 0 bridgehead atoms. The normalized spacial score (nSPS) is 24.4. The number of hydrogen-bond acceptors (Lipinski definition) is 6. The molecule has 0 unspecified atom stereocenters. The molecule has 122 valence electrons. The fraction of sp³-hybridized carbons (Fsp3) is 0.733. The van der Waals surface area contributed by atoms with Crippen LogP contribution in [0.1, 0.15) is 38.3 Å². The van der Waals surface area contributed by atoms with Crippen molar-refractivity contribution in [2.24, 2.45) is 0 Å². The predicted molar refractivity (Wildman–Crippen MR) is 88.2 cm³/mol. The second-order valence-electron chi connectivity index (χ2n) is 6.19. The molecular weight excluding hydrogens is 300 g/mol. The van der Waals surface area contributed by atoms with Gasteiger partial charge in [0.1, 0.15) is 5.82 Å². The van der Waals surface area contributed by atoms with Crippen molar-refractivity contribution in [3.8, 4) is 0 Å². The van der Waals surface area contributed by atoms with Crippen LogP contribution in [0.25, 0.3) is 0 Å². The molecule has 1 aromatic heterocycles. The van der Waals surface area contributed by atoms with Gasteiger partial charge in [0.25, 0.3) is 0 Å².